The van der Waals surface area contributed by atoms with Gasteiger partial charge in [0.15, 0.2) is 0 Å². The second-order valence-electron chi connectivity index (χ2n) is 11.3. The Hall–Kier alpha value is 1.58. The first-order chi connectivity index (χ1) is 12.4. The maximum absolute atomic E-state index is 2.39. The normalized spacial score (nSPS) is 46.3. The predicted molar refractivity (Wildman–Crippen MR) is 123 cm³/mol. The van der Waals surface area contributed by atoms with Crippen LogP contribution in [0.5, 0.6) is 0 Å². The molecule has 10 unspecified atom stereocenters. The van der Waals surface area contributed by atoms with Gasteiger partial charge in [-0.1, -0.05) is 83.1 Å². The van der Waals surface area contributed by atoms with Gasteiger partial charge in [0.05, 0.1) is 0 Å². The zero-order valence-electron chi connectivity index (χ0n) is 21.3. The van der Waals surface area contributed by atoms with E-state index in [2.05, 4.69) is 83.1 Å². The van der Waals surface area contributed by atoms with E-state index in [-0.39, 0.29) is 49.4 Å². The standard InChI is InChI=1S/2C9H18.C9H16.Eu/c3*1-6-5-7(2)9(4)8(6)3;/h2*6-9H,5H2,1-4H3;6,8H,5H2,1-4H3;. The van der Waals surface area contributed by atoms with E-state index in [4.69, 9.17) is 0 Å². The smallest absolute Gasteiger partial charge is 0 e. The third-order valence-electron chi connectivity index (χ3n) is 9.57. The second-order valence-corrected chi connectivity index (χ2v) is 11.3. The van der Waals surface area contributed by atoms with Crippen LogP contribution >= 0.6 is 0 Å². The fourth-order valence-corrected chi connectivity index (χ4v) is 5.74. The molecule has 0 bridgehead atoms. The van der Waals surface area contributed by atoms with Gasteiger partial charge in [-0.2, -0.15) is 0 Å². The largest absolute Gasteiger partial charge is 0.0622 e. The minimum atomic E-state index is 0. The van der Waals surface area contributed by atoms with E-state index in [1.165, 1.54) is 19.3 Å². The molecule has 3 radical (unpaired) electrons. The summed E-state index contributed by atoms with van der Waals surface area (Å²) < 4.78 is 0. The molecule has 0 spiro atoms. The Kier molecular flexibility index (Phi) is 14.0. The summed E-state index contributed by atoms with van der Waals surface area (Å²) in [6.07, 6.45) is 4.22. The van der Waals surface area contributed by atoms with E-state index in [9.17, 15) is 0 Å². The first-order valence-electron chi connectivity index (χ1n) is 12.0. The summed E-state index contributed by atoms with van der Waals surface area (Å²) in [4.78, 5) is 0. The minimum Gasteiger partial charge on any atom is -0.0622 e. The van der Waals surface area contributed by atoms with E-state index in [1.54, 1.807) is 11.8 Å². The summed E-state index contributed by atoms with van der Waals surface area (Å²) in [6, 6.07) is 0. The van der Waals surface area contributed by atoms with Crippen molar-refractivity contribution in [2.24, 2.45) is 59.2 Å². The average Bonchev–Trinajstić information content (AvgIpc) is 3.07. The third-order valence-corrected chi connectivity index (χ3v) is 9.57. The van der Waals surface area contributed by atoms with Crippen molar-refractivity contribution in [3.8, 4) is 0 Å². The molecule has 3 aliphatic carbocycles. The molecule has 3 aliphatic rings. The van der Waals surface area contributed by atoms with Gasteiger partial charge in [0, 0.05) is 49.4 Å². The molecule has 0 aromatic rings. The fraction of sp³-hybridized carbons (Fsp3) is 0.926. The van der Waals surface area contributed by atoms with Crippen LogP contribution in [0, 0.1) is 120 Å². The molecule has 0 aromatic heterocycles. The van der Waals surface area contributed by atoms with Crippen LogP contribution in [0.1, 0.15) is 102 Å². The molecule has 0 nitrogen and oxygen atoms in total. The van der Waals surface area contributed by atoms with Crippen molar-refractivity contribution >= 4 is 0 Å². The van der Waals surface area contributed by atoms with Gasteiger partial charge in [0.25, 0.3) is 0 Å². The summed E-state index contributed by atoms with van der Waals surface area (Å²) in [6.45, 7) is 28.3. The van der Waals surface area contributed by atoms with Crippen molar-refractivity contribution in [3.63, 3.8) is 0 Å². The van der Waals surface area contributed by atoms with Crippen molar-refractivity contribution in [2.45, 2.75) is 102 Å². The van der Waals surface area contributed by atoms with Crippen LogP contribution < -0.4 is 0 Å². The Morgan fingerprint density at radius 3 is 0.857 bits per heavy atom. The summed E-state index contributed by atoms with van der Waals surface area (Å²) in [5, 5.41) is 0. The molecule has 28 heavy (non-hydrogen) atoms. The molecule has 3 saturated carbocycles. The molecule has 3 fully saturated rings. The van der Waals surface area contributed by atoms with Crippen molar-refractivity contribution < 1.29 is 49.4 Å². The van der Waals surface area contributed by atoms with Crippen molar-refractivity contribution in [3.05, 3.63) is 11.8 Å². The van der Waals surface area contributed by atoms with E-state index in [0.29, 0.717) is 0 Å². The Labute approximate surface area is 220 Å². The van der Waals surface area contributed by atoms with Gasteiger partial charge in [-0.15, -0.1) is 0 Å². The van der Waals surface area contributed by atoms with Crippen LogP contribution in [-0.4, -0.2) is 0 Å². The molecule has 3 rings (SSSR count). The molecule has 0 amide bonds. The van der Waals surface area contributed by atoms with Crippen LogP contribution in [0.3, 0.4) is 0 Å². The molecule has 0 saturated heterocycles. The summed E-state index contributed by atoms with van der Waals surface area (Å²) in [5.74, 6) is 12.7. The van der Waals surface area contributed by atoms with Crippen LogP contribution in [0.15, 0.2) is 0 Å². The second kappa shape index (κ2) is 13.2. The molecule has 167 valence electrons. The molecular weight excluding hydrogens is 476 g/mol. The van der Waals surface area contributed by atoms with Gasteiger partial charge in [0.1, 0.15) is 0 Å². The molecule has 0 aromatic carbocycles. The topological polar surface area (TPSA) is 0 Å². The molecular formula is C27H52Eu. The van der Waals surface area contributed by atoms with Gasteiger partial charge in [0.2, 0.25) is 0 Å². The van der Waals surface area contributed by atoms with Crippen molar-refractivity contribution in [1.29, 1.82) is 0 Å². The van der Waals surface area contributed by atoms with E-state index in [0.717, 1.165) is 59.2 Å². The van der Waals surface area contributed by atoms with Gasteiger partial charge in [-0.3, -0.25) is 0 Å². The zero-order chi connectivity index (χ0) is 21.0. The fourth-order valence-electron chi connectivity index (χ4n) is 5.74. The SMILES string of the molecule is CC1CC(C)C(C)C1C.CC1CC(C)C(C)C1C.C[C]1CC(C)C(C)[C]1C.[Eu]. The van der Waals surface area contributed by atoms with Crippen LogP contribution in [0.2, 0.25) is 0 Å². The summed E-state index contributed by atoms with van der Waals surface area (Å²) >= 11 is 0. The Morgan fingerprint density at radius 1 is 0.500 bits per heavy atom. The molecule has 1 heteroatoms. The van der Waals surface area contributed by atoms with Crippen LogP contribution in [0.25, 0.3) is 0 Å². The number of hydrogen-bond acceptors (Lipinski definition) is 0. The average molecular weight is 529 g/mol. The maximum atomic E-state index is 2.39. The molecule has 0 N–H and O–H groups in total. The Balaban J connectivity index is 0.000000384. The van der Waals surface area contributed by atoms with E-state index < -0.39 is 0 Å². The van der Waals surface area contributed by atoms with Crippen LogP contribution in [0.4, 0.5) is 0 Å². The Morgan fingerprint density at radius 2 is 0.786 bits per heavy atom. The quantitative estimate of drug-likeness (QED) is 0.295. The van der Waals surface area contributed by atoms with Crippen molar-refractivity contribution in [2.75, 3.05) is 0 Å². The van der Waals surface area contributed by atoms with Crippen LogP contribution in [-0.2, 0) is 0 Å². The Bertz CT molecular complexity index is 321. The van der Waals surface area contributed by atoms with E-state index in [1.807, 2.05) is 0 Å². The van der Waals surface area contributed by atoms with Gasteiger partial charge < -0.3 is 0 Å². The molecule has 10 atom stereocenters. The van der Waals surface area contributed by atoms with Gasteiger partial charge in [-0.05, 0) is 90.3 Å². The summed E-state index contributed by atoms with van der Waals surface area (Å²) in [7, 11) is 0. The predicted octanol–water partition coefficient (Wildman–Crippen LogP) is 8.72. The molecule has 0 aliphatic heterocycles. The zero-order valence-corrected chi connectivity index (χ0v) is 23.7. The first kappa shape index (κ1) is 29.6. The van der Waals surface area contributed by atoms with Gasteiger partial charge in [-0.25, -0.2) is 0 Å². The number of hydrogen-bond donors (Lipinski definition) is 0. The van der Waals surface area contributed by atoms with E-state index >= 15 is 0 Å². The maximum Gasteiger partial charge on any atom is 0 e. The van der Waals surface area contributed by atoms with Crippen molar-refractivity contribution in [1.82, 2.24) is 0 Å². The summed E-state index contributed by atoms with van der Waals surface area (Å²) in [5.41, 5.74) is 0. The third kappa shape index (κ3) is 7.93. The minimum absolute atomic E-state index is 0. The first-order valence-corrected chi connectivity index (χ1v) is 12.0. The molecule has 0 heterocycles. The monoisotopic (exact) mass is 529 g/mol. The van der Waals surface area contributed by atoms with Gasteiger partial charge >= 0.3 is 0 Å². The number of rotatable bonds is 0.